The van der Waals surface area contributed by atoms with Crippen molar-refractivity contribution < 1.29 is 9.47 Å². The minimum absolute atomic E-state index is 0.172. The molecule has 2 unspecified atom stereocenters. The molecule has 1 saturated heterocycles. The Balaban J connectivity index is 1.68. The number of hydrogen-bond donors (Lipinski definition) is 1. The Morgan fingerprint density at radius 1 is 1.44 bits per heavy atom. The average Bonchev–Trinajstić information content (AvgIpc) is 2.30. The number of ether oxygens (including phenoxy) is 2. The van der Waals surface area contributed by atoms with Gasteiger partial charge in [0.25, 0.3) is 0 Å². The molecule has 0 amide bonds. The van der Waals surface area contributed by atoms with E-state index < -0.39 is 0 Å². The van der Waals surface area contributed by atoms with Crippen LogP contribution in [-0.2, 0) is 16.1 Å². The van der Waals surface area contributed by atoms with Crippen molar-refractivity contribution in [2.24, 2.45) is 0 Å². The topological polar surface area (TPSA) is 43.4 Å². The fraction of sp³-hybridized carbons (Fsp3) is 0.583. The van der Waals surface area contributed by atoms with Gasteiger partial charge in [-0.3, -0.25) is 4.98 Å². The van der Waals surface area contributed by atoms with Gasteiger partial charge >= 0.3 is 0 Å². The Kier molecular flexibility index (Phi) is 4.27. The summed E-state index contributed by atoms with van der Waals surface area (Å²) in [5.74, 6) is 0. The van der Waals surface area contributed by atoms with E-state index in [1.807, 2.05) is 12.1 Å². The van der Waals surface area contributed by atoms with Crippen molar-refractivity contribution in [3.05, 3.63) is 30.1 Å². The van der Waals surface area contributed by atoms with E-state index >= 15 is 0 Å². The first-order chi connectivity index (χ1) is 7.84. The molecule has 1 aliphatic heterocycles. The Hall–Kier alpha value is -0.970. The molecule has 2 heterocycles. The Labute approximate surface area is 96.0 Å². The lowest BCUT2D eigenvalue weighted by Crippen LogP contribution is -2.45. The number of nitrogens with one attached hydrogen (secondary N) is 1. The number of rotatable bonds is 4. The molecule has 1 aromatic rings. The van der Waals surface area contributed by atoms with E-state index in [1.165, 1.54) is 0 Å². The van der Waals surface area contributed by atoms with Gasteiger partial charge in [-0.2, -0.15) is 0 Å². The number of morpholine rings is 1. The molecule has 0 saturated carbocycles. The van der Waals surface area contributed by atoms with Crippen LogP contribution in [0.2, 0.25) is 0 Å². The third-order valence-electron chi connectivity index (χ3n) is 2.55. The molecule has 0 radical (unpaired) electrons. The summed E-state index contributed by atoms with van der Waals surface area (Å²) >= 11 is 0. The van der Waals surface area contributed by atoms with Crippen LogP contribution in [0.25, 0.3) is 0 Å². The van der Waals surface area contributed by atoms with E-state index in [4.69, 9.17) is 9.47 Å². The Morgan fingerprint density at radius 2 is 2.25 bits per heavy atom. The third-order valence-corrected chi connectivity index (χ3v) is 2.55. The molecule has 4 heteroatoms. The maximum Gasteiger partial charge on any atom is 0.0936 e. The van der Waals surface area contributed by atoms with E-state index in [2.05, 4.69) is 17.2 Å². The monoisotopic (exact) mass is 222 g/mol. The van der Waals surface area contributed by atoms with Crippen LogP contribution < -0.4 is 5.32 Å². The molecule has 0 aliphatic carbocycles. The SMILES string of the molecule is CC1CNCC(COCc2ccncc2)O1. The Morgan fingerprint density at radius 3 is 3.00 bits per heavy atom. The third kappa shape index (κ3) is 3.56. The second-order valence-corrected chi connectivity index (χ2v) is 4.10. The summed E-state index contributed by atoms with van der Waals surface area (Å²) in [5.41, 5.74) is 1.15. The summed E-state index contributed by atoms with van der Waals surface area (Å²) in [5, 5.41) is 3.32. The van der Waals surface area contributed by atoms with Crippen molar-refractivity contribution in [3.63, 3.8) is 0 Å². The molecule has 1 aliphatic rings. The summed E-state index contributed by atoms with van der Waals surface area (Å²) < 4.78 is 11.3. The summed E-state index contributed by atoms with van der Waals surface area (Å²) in [4.78, 5) is 3.96. The molecule has 0 aromatic carbocycles. The van der Waals surface area contributed by atoms with Crippen LogP contribution in [0.4, 0.5) is 0 Å². The fourth-order valence-corrected chi connectivity index (χ4v) is 1.76. The molecule has 1 fully saturated rings. The Bertz CT molecular complexity index is 305. The van der Waals surface area contributed by atoms with Crippen LogP contribution in [0.15, 0.2) is 24.5 Å². The highest BCUT2D eigenvalue weighted by Gasteiger charge is 2.18. The van der Waals surface area contributed by atoms with Gasteiger partial charge in [0.15, 0.2) is 0 Å². The lowest BCUT2D eigenvalue weighted by Gasteiger charge is -2.28. The van der Waals surface area contributed by atoms with E-state index in [9.17, 15) is 0 Å². The maximum absolute atomic E-state index is 5.72. The van der Waals surface area contributed by atoms with Crippen molar-refractivity contribution in [2.45, 2.75) is 25.7 Å². The minimum atomic E-state index is 0.172. The molecule has 16 heavy (non-hydrogen) atoms. The van der Waals surface area contributed by atoms with Gasteiger partial charge < -0.3 is 14.8 Å². The van der Waals surface area contributed by atoms with Crippen LogP contribution in [0.5, 0.6) is 0 Å². The maximum atomic E-state index is 5.72. The molecule has 1 N–H and O–H groups in total. The van der Waals surface area contributed by atoms with Gasteiger partial charge in [0.1, 0.15) is 0 Å². The number of hydrogen-bond acceptors (Lipinski definition) is 4. The fourth-order valence-electron chi connectivity index (χ4n) is 1.76. The molecule has 1 aromatic heterocycles. The first-order valence-electron chi connectivity index (χ1n) is 5.67. The molecular formula is C12H18N2O2. The van der Waals surface area contributed by atoms with Crippen molar-refractivity contribution in [2.75, 3.05) is 19.7 Å². The van der Waals surface area contributed by atoms with E-state index in [0.717, 1.165) is 18.7 Å². The van der Waals surface area contributed by atoms with Gasteiger partial charge in [-0.05, 0) is 24.6 Å². The predicted octanol–water partition coefficient (Wildman–Crippen LogP) is 0.975. The highest BCUT2D eigenvalue weighted by molar-refractivity contribution is 5.07. The van der Waals surface area contributed by atoms with Crippen molar-refractivity contribution in [1.82, 2.24) is 10.3 Å². The van der Waals surface area contributed by atoms with Gasteiger partial charge in [-0.1, -0.05) is 0 Å². The highest BCUT2D eigenvalue weighted by Crippen LogP contribution is 2.05. The van der Waals surface area contributed by atoms with Crippen molar-refractivity contribution >= 4 is 0 Å². The molecule has 0 spiro atoms. The molecule has 88 valence electrons. The van der Waals surface area contributed by atoms with Crippen molar-refractivity contribution in [1.29, 1.82) is 0 Å². The molecule has 2 atom stereocenters. The zero-order valence-corrected chi connectivity index (χ0v) is 9.56. The number of pyridine rings is 1. The van der Waals surface area contributed by atoms with Crippen molar-refractivity contribution in [3.8, 4) is 0 Å². The quantitative estimate of drug-likeness (QED) is 0.824. The zero-order valence-electron chi connectivity index (χ0n) is 9.56. The summed E-state index contributed by atoms with van der Waals surface area (Å²) in [6.45, 7) is 5.14. The predicted molar refractivity (Wildman–Crippen MR) is 61.1 cm³/mol. The largest absolute Gasteiger partial charge is 0.374 e. The minimum Gasteiger partial charge on any atom is -0.374 e. The molecule has 4 nitrogen and oxygen atoms in total. The molecular weight excluding hydrogens is 204 g/mol. The lowest BCUT2D eigenvalue weighted by molar-refractivity contribution is -0.0716. The second kappa shape index (κ2) is 5.94. The first kappa shape index (κ1) is 11.5. The van der Waals surface area contributed by atoms with Crippen LogP contribution in [0, 0.1) is 0 Å². The molecule has 0 bridgehead atoms. The van der Waals surface area contributed by atoms with Gasteiger partial charge in [0.05, 0.1) is 25.4 Å². The number of aromatic nitrogens is 1. The van der Waals surface area contributed by atoms with E-state index in [1.54, 1.807) is 12.4 Å². The van der Waals surface area contributed by atoms with E-state index in [0.29, 0.717) is 13.2 Å². The summed E-state index contributed by atoms with van der Waals surface area (Å²) in [7, 11) is 0. The van der Waals surface area contributed by atoms with Gasteiger partial charge in [0, 0.05) is 25.5 Å². The van der Waals surface area contributed by atoms with Crippen LogP contribution in [0.3, 0.4) is 0 Å². The van der Waals surface area contributed by atoms with Gasteiger partial charge in [0.2, 0.25) is 0 Å². The van der Waals surface area contributed by atoms with Gasteiger partial charge in [-0.25, -0.2) is 0 Å². The van der Waals surface area contributed by atoms with Crippen LogP contribution in [-0.4, -0.2) is 36.9 Å². The van der Waals surface area contributed by atoms with Crippen LogP contribution in [0.1, 0.15) is 12.5 Å². The lowest BCUT2D eigenvalue weighted by atomic mass is 10.2. The average molecular weight is 222 g/mol. The van der Waals surface area contributed by atoms with Gasteiger partial charge in [-0.15, -0.1) is 0 Å². The smallest absolute Gasteiger partial charge is 0.0936 e. The standard InChI is InChI=1S/C12H18N2O2/c1-10-6-14-7-12(16-10)9-15-8-11-2-4-13-5-3-11/h2-5,10,12,14H,6-9H2,1H3. The second-order valence-electron chi connectivity index (χ2n) is 4.10. The van der Waals surface area contributed by atoms with E-state index in [-0.39, 0.29) is 12.2 Å². The molecule has 2 rings (SSSR count). The first-order valence-corrected chi connectivity index (χ1v) is 5.67. The zero-order chi connectivity index (χ0) is 11.2. The number of nitrogens with zero attached hydrogens (tertiary/aromatic N) is 1. The normalized spacial score (nSPS) is 25.6. The summed E-state index contributed by atoms with van der Waals surface area (Å²) in [6, 6.07) is 3.92. The highest BCUT2D eigenvalue weighted by atomic mass is 16.5. The van der Waals surface area contributed by atoms with Crippen LogP contribution >= 0.6 is 0 Å². The summed E-state index contributed by atoms with van der Waals surface area (Å²) in [6.07, 6.45) is 4.01.